The van der Waals surface area contributed by atoms with Gasteiger partial charge in [0.25, 0.3) is 0 Å². The van der Waals surface area contributed by atoms with Gasteiger partial charge in [-0.15, -0.1) is 11.6 Å². The molecular weight excluding hydrogens is 258 g/mol. The van der Waals surface area contributed by atoms with Gasteiger partial charge in [0.1, 0.15) is 0 Å². The van der Waals surface area contributed by atoms with Crippen LogP contribution < -0.4 is 0 Å². The fourth-order valence-electron chi connectivity index (χ4n) is 2.05. The maximum Gasteiger partial charge on any atom is 0.159 e. The first kappa shape index (κ1) is 12.1. The maximum absolute atomic E-state index is 5.85. The van der Waals surface area contributed by atoms with Crippen LogP contribution in [0.2, 0.25) is 0 Å². The molecule has 0 saturated carbocycles. The van der Waals surface area contributed by atoms with Gasteiger partial charge < -0.3 is 0 Å². The normalized spacial score (nSPS) is 10.8. The standard InChI is InChI=1S/C15H12ClN3/c1-10-7-13(9-16)19-15(18-10)12-4-5-14-11(8-12)3-2-6-17-14/h2-8H,9H2,1H3. The molecule has 19 heavy (non-hydrogen) atoms. The van der Waals surface area contributed by atoms with E-state index in [0.717, 1.165) is 27.9 Å². The predicted molar refractivity (Wildman–Crippen MR) is 77.1 cm³/mol. The van der Waals surface area contributed by atoms with E-state index < -0.39 is 0 Å². The number of alkyl halides is 1. The number of hydrogen-bond donors (Lipinski definition) is 0. The second-order valence-electron chi connectivity index (χ2n) is 4.37. The Morgan fingerprint density at radius 3 is 2.84 bits per heavy atom. The summed E-state index contributed by atoms with van der Waals surface area (Å²) in [7, 11) is 0. The summed E-state index contributed by atoms with van der Waals surface area (Å²) in [4.78, 5) is 13.2. The van der Waals surface area contributed by atoms with Crippen molar-refractivity contribution in [2.45, 2.75) is 12.8 Å². The van der Waals surface area contributed by atoms with E-state index in [-0.39, 0.29) is 0 Å². The molecule has 0 aliphatic heterocycles. The summed E-state index contributed by atoms with van der Waals surface area (Å²) < 4.78 is 0. The van der Waals surface area contributed by atoms with Crippen molar-refractivity contribution >= 4 is 22.5 Å². The summed E-state index contributed by atoms with van der Waals surface area (Å²) in [6, 6.07) is 11.9. The molecule has 0 radical (unpaired) electrons. The number of pyridine rings is 1. The lowest BCUT2D eigenvalue weighted by atomic mass is 10.1. The quantitative estimate of drug-likeness (QED) is 0.665. The van der Waals surface area contributed by atoms with Gasteiger partial charge in [-0.25, -0.2) is 9.97 Å². The third-order valence-electron chi connectivity index (χ3n) is 2.91. The Hall–Kier alpha value is -2.00. The number of aryl methyl sites for hydroxylation is 1. The van der Waals surface area contributed by atoms with E-state index in [1.807, 2.05) is 37.3 Å². The first-order valence-electron chi connectivity index (χ1n) is 6.02. The molecule has 0 saturated heterocycles. The first-order chi connectivity index (χ1) is 9.26. The Morgan fingerprint density at radius 1 is 1.11 bits per heavy atom. The molecule has 0 aliphatic carbocycles. The Bertz CT molecular complexity index is 740. The van der Waals surface area contributed by atoms with E-state index >= 15 is 0 Å². The SMILES string of the molecule is Cc1cc(CCl)nc(-c2ccc3ncccc3c2)n1. The van der Waals surface area contributed by atoms with Crippen LogP contribution in [0.1, 0.15) is 11.4 Å². The van der Waals surface area contributed by atoms with Gasteiger partial charge in [0.2, 0.25) is 0 Å². The number of halogens is 1. The van der Waals surface area contributed by atoms with Crippen LogP contribution >= 0.6 is 11.6 Å². The minimum atomic E-state index is 0.394. The van der Waals surface area contributed by atoms with Crippen molar-refractivity contribution in [2.75, 3.05) is 0 Å². The molecule has 0 fully saturated rings. The fraction of sp³-hybridized carbons (Fsp3) is 0.133. The smallest absolute Gasteiger partial charge is 0.159 e. The molecule has 4 heteroatoms. The van der Waals surface area contributed by atoms with Crippen LogP contribution in [0.4, 0.5) is 0 Å². The van der Waals surface area contributed by atoms with Crippen LogP contribution in [0, 0.1) is 6.92 Å². The molecule has 0 unspecified atom stereocenters. The summed E-state index contributed by atoms with van der Waals surface area (Å²) in [5.41, 5.74) is 3.72. The Balaban J connectivity index is 2.15. The molecule has 3 nitrogen and oxygen atoms in total. The van der Waals surface area contributed by atoms with Crippen molar-refractivity contribution in [1.29, 1.82) is 0 Å². The number of rotatable bonds is 2. The number of hydrogen-bond acceptors (Lipinski definition) is 3. The van der Waals surface area contributed by atoms with Crippen molar-refractivity contribution in [1.82, 2.24) is 15.0 Å². The summed E-state index contributed by atoms with van der Waals surface area (Å²) >= 11 is 5.85. The van der Waals surface area contributed by atoms with Crippen LogP contribution in [0.5, 0.6) is 0 Å². The molecule has 0 bridgehead atoms. The molecule has 3 rings (SSSR count). The number of aromatic nitrogens is 3. The van der Waals surface area contributed by atoms with E-state index in [1.54, 1.807) is 6.20 Å². The van der Waals surface area contributed by atoms with Crippen molar-refractivity contribution in [3.05, 3.63) is 54.0 Å². The van der Waals surface area contributed by atoms with E-state index in [2.05, 4.69) is 21.0 Å². The number of nitrogens with zero attached hydrogens (tertiary/aromatic N) is 3. The average Bonchev–Trinajstić information content (AvgIpc) is 2.46. The van der Waals surface area contributed by atoms with Crippen LogP contribution in [0.15, 0.2) is 42.6 Å². The van der Waals surface area contributed by atoms with E-state index in [1.165, 1.54) is 0 Å². The number of fused-ring (bicyclic) bond motifs is 1. The van der Waals surface area contributed by atoms with E-state index in [4.69, 9.17) is 11.6 Å². The van der Waals surface area contributed by atoms with Crippen LogP contribution in [0.25, 0.3) is 22.3 Å². The van der Waals surface area contributed by atoms with Gasteiger partial charge in [-0.05, 0) is 37.3 Å². The lowest BCUT2D eigenvalue weighted by molar-refractivity contribution is 1.05. The number of benzene rings is 1. The summed E-state index contributed by atoms with van der Waals surface area (Å²) in [5, 5.41) is 1.08. The molecule has 0 spiro atoms. The van der Waals surface area contributed by atoms with Crippen LogP contribution in [-0.2, 0) is 5.88 Å². The van der Waals surface area contributed by atoms with Crippen molar-refractivity contribution in [2.24, 2.45) is 0 Å². The monoisotopic (exact) mass is 269 g/mol. The lowest BCUT2D eigenvalue weighted by Gasteiger charge is -2.05. The van der Waals surface area contributed by atoms with Gasteiger partial charge in [0.05, 0.1) is 17.1 Å². The molecular formula is C15H12ClN3. The Kier molecular flexibility index (Phi) is 3.13. The zero-order chi connectivity index (χ0) is 13.2. The average molecular weight is 270 g/mol. The molecule has 0 amide bonds. The summed E-state index contributed by atoms with van der Waals surface area (Å²) in [6.07, 6.45) is 1.79. The predicted octanol–water partition coefficient (Wildman–Crippen LogP) is 3.74. The highest BCUT2D eigenvalue weighted by molar-refractivity contribution is 6.16. The highest BCUT2D eigenvalue weighted by Gasteiger charge is 2.05. The summed E-state index contributed by atoms with van der Waals surface area (Å²) in [5.74, 6) is 1.10. The largest absolute Gasteiger partial charge is 0.256 e. The molecule has 1 aromatic carbocycles. The molecule has 0 atom stereocenters. The minimum absolute atomic E-state index is 0.394. The molecule has 2 aromatic heterocycles. The first-order valence-corrected chi connectivity index (χ1v) is 6.55. The van der Waals surface area contributed by atoms with Crippen molar-refractivity contribution in [3.8, 4) is 11.4 Å². The highest BCUT2D eigenvalue weighted by atomic mass is 35.5. The molecule has 3 aromatic rings. The summed E-state index contributed by atoms with van der Waals surface area (Å²) in [6.45, 7) is 1.95. The van der Waals surface area contributed by atoms with Gasteiger partial charge in [0, 0.05) is 22.8 Å². The second kappa shape index (κ2) is 4.94. The van der Waals surface area contributed by atoms with Crippen molar-refractivity contribution in [3.63, 3.8) is 0 Å². The zero-order valence-corrected chi connectivity index (χ0v) is 11.2. The van der Waals surface area contributed by atoms with Crippen LogP contribution in [-0.4, -0.2) is 15.0 Å². The van der Waals surface area contributed by atoms with Gasteiger partial charge in [-0.2, -0.15) is 0 Å². The minimum Gasteiger partial charge on any atom is -0.256 e. The fourth-order valence-corrected chi connectivity index (χ4v) is 2.18. The van der Waals surface area contributed by atoms with Gasteiger partial charge >= 0.3 is 0 Å². The van der Waals surface area contributed by atoms with Gasteiger partial charge in [0.15, 0.2) is 5.82 Å². The Morgan fingerprint density at radius 2 is 2.00 bits per heavy atom. The van der Waals surface area contributed by atoms with Crippen molar-refractivity contribution < 1.29 is 0 Å². The zero-order valence-electron chi connectivity index (χ0n) is 10.5. The maximum atomic E-state index is 5.85. The molecule has 0 N–H and O–H groups in total. The lowest BCUT2D eigenvalue weighted by Crippen LogP contribution is -1.96. The third-order valence-corrected chi connectivity index (χ3v) is 3.18. The second-order valence-corrected chi connectivity index (χ2v) is 4.64. The molecule has 2 heterocycles. The van der Waals surface area contributed by atoms with Gasteiger partial charge in [-0.1, -0.05) is 6.07 Å². The third kappa shape index (κ3) is 2.42. The van der Waals surface area contributed by atoms with Gasteiger partial charge in [-0.3, -0.25) is 4.98 Å². The van der Waals surface area contributed by atoms with Crippen LogP contribution in [0.3, 0.4) is 0 Å². The Labute approximate surface area is 116 Å². The topological polar surface area (TPSA) is 38.7 Å². The van der Waals surface area contributed by atoms with E-state index in [0.29, 0.717) is 11.7 Å². The molecule has 0 aliphatic rings. The highest BCUT2D eigenvalue weighted by Crippen LogP contribution is 2.21. The van der Waals surface area contributed by atoms with E-state index in [9.17, 15) is 0 Å². The molecule has 94 valence electrons.